The van der Waals surface area contributed by atoms with Crippen molar-refractivity contribution >= 4 is 52.2 Å². The molecule has 0 atom stereocenters. The van der Waals surface area contributed by atoms with Crippen LogP contribution < -0.4 is 4.90 Å². The number of carbonyl (C=O) groups excluding carboxylic acids is 4. The molecule has 6 nitrogen and oxygen atoms in total. The maximum Gasteiger partial charge on any atom is 0.338 e. The van der Waals surface area contributed by atoms with E-state index in [2.05, 4.69) is 0 Å². The van der Waals surface area contributed by atoms with Gasteiger partial charge < -0.3 is 4.74 Å². The average Bonchev–Trinajstić information content (AvgIpc) is 3.18. The van der Waals surface area contributed by atoms with Gasteiger partial charge in [0.15, 0.2) is 6.61 Å². The highest BCUT2D eigenvalue weighted by atomic mass is 35.5. The second-order valence-electron chi connectivity index (χ2n) is 5.28. The summed E-state index contributed by atoms with van der Waals surface area (Å²) >= 11 is 6.87. The lowest BCUT2D eigenvalue weighted by Crippen LogP contribution is -2.28. The lowest BCUT2D eigenvalue weighted by molar-refractivity contribution is -0.121. The summed E-state index contributed by atoms with van der Waals surface area (Å²) in [7, 11) is 0. The Morgan fingerprint density at radius 2 is 1.84 bits per heavy atom. The van der Waals surface area contributed by atoms with E-state index in [9.17, 15) is 19.2 Å². The van der Waals surface area contributed by atoms with E-state index in [0.29, 0.717) is 14.9 Å². The van der Waals surface area contributed by atoms with Crippen molar-refractivity contribution in [2.45, 2.75) is 12.8 Å². The molecule has 8 heteroatoms. The first-order chi connectivity index (χ1) is 12.0. The van der Waals surface area contributed by atoms with E-state index in [0.717, 1.165) is 16.2 Å². The minimum absolute atomic E-state index is 0.155. The Bertz CT molecular complexity index is 859. The monoisotopic (exact) mass is 377 g/mol. The zero-order valence-electron chi connectivity index (χ0n) is 12.9. The van der Waals surface area contributed by atoms with E-state index in [1.54, 1.807) is 24.3 Å². The zero-order valence-corrected chi connectivity index (χ0v) is 14.4. The summed E-state index contributed by atoms with van der Waals surface area (Å²) in [5, 5.41) is 0. The molecule has 0 spiro atoms. The third-order valence-corrected chi connectivity index (χ3v) is 4.85. The van der Waals surface area contributed by atoms with E-state index in [1.807, 2.05) is 0 Å². The number of imide groups is 1. The summed E-state index contributed by atoms with van der Waals surface area (Å²) in [4.78, 5) is 49.1. The van der Waals surface area contributed by atoms with Crippen LogP contribution in [0.4, 0.5) is 5.69 Å². The van der Waals surface area contributed by atoms with E-state index in [4.69, 9.17) is 16.3 Å². The fourth-order valence-corrected chi connectivity index (χ4v) is 3.35. The highest BCUT2D eigenvalue weighted by molar-refractivity contribution is 7.18. The number of Topliss-reactive ketones (excluding diaryl/α,β-unsaturated/α-hetero) is 1. The smallest absolute Gasteiger partial charge is 0.338 e. The van der Waals surface area contributed by atoms with E-state index in [1.165, 1.54) is 12.1 Å². The summed E-state index contributed by atoms with van der Waals surface area (Å²) in [6.07, 6.45) is 0.316. The lowest BCUT2D eigenvalue weighted by Gasteiger charge is -2.14. The molecule has 0 unspecified atom stereocenters. The Labute approximate surface area is 152 Å². The second kappa shape index (κ2) is 7.16. The fourth-order valence-electron chi connectivity index (χ4n) is 2.39. The number of thiophene rings is 1. The molecule has 1 aromatic heterocycles. The molecule has 0 N–H and O–H groups in total. The number of esters is 1. The van der Waals surface area contributed by atoms with Crippen LogP contribution in [0.2, 0.25) is 4.34 Å². The van der Waals surface area contributed by atoms with Crippen molar-refractivity contribution in [3.63, 3.8) is 0 Å². The number of ketones is 1. The normalized spacial score (nSPS) is 14.0. The number of hydrogen-bond donors (Lipinski definition) is 0. The van der Waals surface area contributed by atoms with Crippen molar-refractivity contribution in [3.05, 3.63) is 51.2 Å². The number of anilines is 1. The average molecular weight is 378 g/mol. The van der Waals surface area contributed by atoms with Crippen LogP contribution in [-0.4, -0.2) is 30.2 Å². The number of amides is 2. The molecule has 25 heavy (non-hydrogen) atoms. The molecule has 2 aromatic rings. The topological polar surface area (TPSA) is 80.8 Å². The van der Waals surface area contributed by atoms with Gasteiger partial charge in [0.25, 0.3) is 0 Å². The van der Waals surface area contributed by atoms with E-state index >= 15 is 0 Å². The summed E-state index contributed by atoms with van der Waals surface area (Å²) in [6.45, 7) is -0.415. The van der Waals surface area contributed by atoms with Gasteiger partial charge in [-0.2, -0.15) is 0 Å². The number of hydrogen-bond acceptors (Lipinski definition) is 6. The molecular formula is C17H12ClNO5S. The number of rotatable bonds is 5. The molecule has 1 saturated heterocycles. The maximum absolute atomic E-state index is 12.1. The van der Waals surface area contributed by atoms with E-state index in [-0.39, 0.29) is 36.0 Å². The van der Waals surface area contributed by atoms with Crippen LogP contribution in [0.1, 0.15) is 32.9 Å². The van der Waals surface area contributed by atoms with Gasteiger partial charge in [-0.05, 0) is 30.3 Å². The highest BCUT2D eigenvalue weighted by Gasteiger charge is 2.30. The summed E-state index contributed by atoms with van der Waals surface area (Å²) < 4.78 is 5.49. The molecule has 0 bridgehead atoms. The first kappa shape index (κ1) is 17.3. The fraction of sp³-hybridized carbons (Fsp3) is 0.176. The third kappa shape index (κ3) is 3.78. The van der Waals surface area contributed by atoms with Crippen LogP contribution in [0.15, 0.2) is 36.4 Å². The van der Waals surface area contributed by atoms with Gasteiger partial charge in [-0.15, -0.1) is 11.3 Å². The van der Waals surface area contributed by atoms with Gasteiger partial charge in [0.05, 0.1) is 20.5 Å². The molecule has 1 aliphatic rings. The molecule has 0 radical (unpaired) electrons. The number of nitrogens with zero attached hydrogens (tertiary/aromatic N) is 1. The molecule has 1 fully saturated rings. The highest BCUT2D eigenvalue weighted by Crippen LogP contribution is 2.24. The van der Waals surface area contributed by atoms with Gasteiger partial charge in [0.1, 0.15) is 0 Å². The lowest BCUT2D eigenvalue weighted by atomic mass is 10.2. The van der Waals surface area contributed by atoms with Gasteiger partial charge in [0.2, 0.25) is 17.6 Å². The van der Waals surface area contributed by atoms with Gasteiger partial charge >= 0.3 is 5.97 Å². The minimum atomic E-state index is -0.711. The van der Waals surface area contributed by atoms with Crippen LogP contribution in [-0.2, 0) is 14.3 Å². The van der Waals surface area contributed by atoms with Crippen LogP contribution in [0.5, 0.6) is 0 Å². The summed E-state index contributed by atoms with van der Waals surface area (Å²) in [5.41, 5.74) is 0.473. The zero-order chi connectivity index (χ0) is 18.0. The first-order valence-electron chi connectivity index (χ1n) is 7.37. The number of carbonyl (C=O) groups is 4. The van der Waals surface area contributed by atoms with Gasteiger partial charge in [-0.3, -0.25) is 19.3 Å². The van der Waals surface area contributed by atoms with E-state index < -0.39 is 12.6 Å². The predicted octanol–water partition coefficient (Wildman–Crippen LogP) is 3.09. The van der Waals surface area contributed by atoms with Crippen molar-refractivity contribution in [2.75, 3.05) is 11.5 Å². The number of ether oxygens (including phenoxy) is 1. The molecule has 2 heterocycles. The van der Waals surface area contributed by atoms with Gasteiger partial charge in [-0.1, -0.05) is 17.7 Å². The quantitative estimate of drug-likeness (QED) is 0.454. The number of halogens is 1. The largest absolute Gasteiger partial charge is 0.454 e. The Balaban J connectivity index is 1.68. The Morgan fingerprint density at radius 3 is 2.48 bits per heavy atom. The predicted molar refractivity (Wildman–Crippen MR) is 92.1 cm³/mol. The summed E-state index contributed by atoms with van der Waals surface area (Å²) in [6, 6.07) is 9.16. The van der Waals surface area contributed by atoms with Crippen molar-refractivity contribution in [1.29, 1.82) is 0 Å². The molecule has 128 valence electrons. The Hall–Kier alpha value is -2.51. The molecule has 2 amide bonds. The van der Waals surface area contributed by atoms with Crippen molar-refractivity contribution in [2.24, 2.45) is 0 Å². The third-order valence-electron chi connectivity index (χ3n) is 3.57. The van der Waals surface area contributed by atoms with Crippen molar-refractivity contribution < 1.29 is 23.9 Å². The Morgan fingerprint density at radius 1 is 1.12 bits per heavy atom. The first-order valence-corrected chi connectivity index (χ1v) is 8.56. The Kier molecular flexibility index (Phi) is 4.96. The maximum atomic E-state index is 12.1. The minimum Gasteiger partial charge on any atom is -0.454 e. The van der Waals surface area contributed by atoms with Gasteiger partial charge in [-0.25, -0.2) is 4.79 Å². The molecular weight excluding hydrogens is 366 g/mol. The SMILES string of the molecule is O=C(OCC(=O)c1ccc(Cl)s1)c1cccc(N2C(=O)CCC2=O)c1. The van der Waals surface area contributed by atoms with Gasteiger partial charge in [0, 0.05) is 12.8 Å². The molecule has 1 aromatic carbocycles. The second-order valence-corrected chi connectivity index (χ2v) is 6.99. The van der Waals surface area contributed by atoms with Crippen LogP contribution in [0.25, 0.3) is 0 Å². The molecule has 0 aliphatic carbocycles. The van der Waals surface area contributed by atoms with Crippen LogP contribution >= 0.6 is 22.9 Å². The van der Waals surface area contributed by atoms with Crippen molar-refractivity contribution in [1.82, 2.24) is 0 Å². The molecule has 1 aliphatic heterocycles. The standard InChI is InChI=1S/C17H12ClNO5S/c18-14-5-4-13(25-14)12(20)9-24-17(23)10-2-1-3-11(8-10)19-15(21)6-7-16(19)22/h1-5,8H,6-7,9H2. The summed E-state index contributed by atoms with van der Waals surface area (Å²) in [5.74, 6) is -1.68. The number of benzene rings is 1. The van der Waals surface area contributed by atoms with Crippen LogP contribution in [0.3, 0.4) is 0 Å². The molecule has 0 saturated carbocycles. The molecule has 3 rings (SSSR count). The van der Waals surface area contributed by atoms with Crippen LogP contribution in [0, 0.1) is 0 Å². The van der Waals surface area contributed by atoms with Crippen molar-refractivity contribution in [3.8, 4) is 0 Å².